The van der Waals surface area contributed by atoms with Crippen molar-refractivity contribution in [2.45, 2.75) is 45.1 Å². The van der Waals surface area contributed by atoms with Crippen molar-refractivity contribution in [3.05, 3.63) is 0 Å². The van der Waals surface area contributed by atoms with Crippen LogP contribution < -0.4 is 0 Å². The summed E-state index contributed by atoms with van der Waals surface area (Å²) in [4.78, 5) is 14.2. The van der Waals surface area contributed by atoms with Crippen LogP contribution in [0.25, 0.3) is 0 Å². The van der Waals surface area contributed by atoms with E-state index in [-0.39, 0.29) is 6.10 Å². The van der Waals surface area contributed by atoms with Crippen LogP contribution in [0.4, 0.5) is 0 Å². The molecule has 1 saturated heterocycles. The molecule has 1 aliphatic carbocycles. The zero-order valence-electron chi connectivity index (χ0n) is 9.58. The molecular weight excluding hydrogens is 190 g/mol. The van der Waals surface area contributed by atoms with Gasteiger partial charge in [-0.15, -0.1) is 0 Å². The van der Waals surface area contributed by atoms with Crippen molar-refractivity contribution in [2.75, 3.05) is 19.7 Å². The van der Waals surface area contributed by atoms with E-state index in [1.165, 1.54) is 19.3 Å². The molecular formula is C12H21NO2. The molecule has 0 radical (unpaired) electrons. The second-order valence-electron chi connectivity index (χ2n) is 4.80. The monoisotopic (exact) mass is 211 g/mol. The normalized spacial score (nSPS) is 29.1. The minimum atomic E-state index is 0.214. The van der Waals surface area contributed by atoms with Gasteiger partial charge >= 0.3 is 0 Å². The Kier molecular flexibility index (Phi) is 3.62. The third-order valence-electron chi connectivity index (χ3n) is 3.51. The molecule has 0 aromatic carbocycles. The maximum atomic E-state index is 12.2. The maximum absolute atomic E-state index is 12.2. The van der Waals surface area contributed by atoms with Gasteiger partial charge in [-0.3, -0.25) is 4.79 Å². The smallest absolute Gasteiger partial charge is 0.225 e. The average molecular weight is 211 g/mol. The standard InChI is InChI=1S/C12H21NO2/c1-10-9-13(7-8-15-10)12(14)11-5-3-2-4-6-11/h10-11H,2-9H2,1H3. The molecule has 3 heteroatoms. The van der Waals surface area contributed by atoms with Crippen LogP contribution in [0.1, 0.15) is 39.0 Å². The summed E-state index contributed by atoms with van der Waals surface area (Å²) in [5.41, 5.74) is 0. The molecule has 1 amide bonds. The molecule has 0 aromatic heterocycles. The summed E-state index contributed by atoms with van der Waals surface area (Å²) in [6.45, 7) is 4.33. The lowest BCUT2D eigenvalue weighted by Crippen LogP contribution is -2.47. The van der Waals surface area contributed by atoms with Crippen molar-refractivity contribution < 1.29 is 9.53 Å². The number of rotatable bonds is 1. The quantitative estimate of drug-likeness (QED) is 0.662. The Morgan fingerprint density at radius 2 is 2.00 bits per heavy atom. The van der Waals surface area contributed by atoms with Crippen LogP contribution in [0, 0.1) is 5.92 Å². The number of amides is 1. The molecule has 3 nitrogen and oxygen atoms in total. The van der Waals surface area contributed by atoms with Crippen molar-refractivity contribution in [1.82, 2.24) is 4.90 Å². The summed E-state index contributed by atoms with van der Waals surface area (Å²) in [6, 6.07) is 0. The molecule has 15 heavy (non-hydrogen) atoms. The highest BCUT2D eigenvalue weighted by molar-refractivity contribution is 5.79. The molecule has 0 N–H and O–H groups in total. The molecule has 0 bridgehead atoms. The number of ether oxygens (including phenoxy) is 1. The molecule has 2 fully saturated rings. The minimum Gasteiger partial charge on any atom is -0.375 e. The highest BCUT2D eigenvalue weighted by atomic mass is 16.5. The first-order valence-electron chi connectivity index (χ1n) is 6.18. The van der Waals surface area contributed by atoms with Crippen molar-refractivity contribution in [1.29, 1.82) is 0 Å². The van der Waals surface area contributed by atoms with Crippen LogP contribution in [0.3, 0.4) is 0 Å². The van der Waals surface area contributed by atoms with Gasteiger partial charge in [0.2, 0.25) is 5.91 Å². The average Bonchev–Trinajstić information content (AvgIpc) is 2.29. The lowest BCUT2D eigenvalue weighted by Gasteiger charge is -2.34. The Bertz CT molecular complexity index is 224. The second kappa shape index (κ2) is 4.97. The minimum absolute atomic E-state index is 0.214. The van der Waals surface area contributed by atoms with Gasteiger partial charge in [-0.25, -0.2) is 0 Å². The highest BCUT2D eigenvalue weighted by Gasteiger charge is 2.28. The molecule has 2 aliphatic rings. The molecule has 1 aliphatic heterocycles. The summed E-state index contributed by atoms with van der Waals surface area (Å²) in [5, 5.41) is 0. The first kappa shape index (κ1) is 10.9. The molecule has 86 valence electrons. The number of hydrogen-bond donors (Lipinski definition) is 0. The number of carbonyl (C=O) groups excluding carboxylic acids is 1. The summed E-state index contributed by atoms with van der Waals surface area (Å²) < 4.78 is 5.45. The molecule has 1 heterocycles. The number of carbonyl (C=O) groups is 1. The first-order chi connectivity index (χ1) is 7.27. The van der Waals surface area contributed by atoms with Crippen LogP contribution in [0.15, 0.2) is 0 Å². The van der Waals surface area contributed by atoms with Gasteiger partial charge in [0, 0.05) is 19.0 Å². The molecule has 0 spiro atoms. The van der Waals surface area contributed by atoms with Crippen LogP contribution >= 0.6 is 0 Å². The Balaban J connectivity index is 1.88. The van der Waals surface area contributed by atoms with Gasteiger partial charge in [-0.05, 0) is 19.8 Å². The van der Waals surface area contributed by atoms with E-state index in [0.29, 0.717) is 18.4 Å². The Labute approximate surface area is 91.8 Å². The van der Waals surface area contributed by atoms with Gasteiger partial charge in [0.25, 0.3) is 0 Å². The molecule has 1 saturated carbocycles. The van der Waals surface area contributed by atoms with E-state index in [9.17, 15) is 4.79 Å². The summed E-state index contributed by atoms with van der Waals surface area (Å²) in [5.74, 6) is 0.689. The third-order valence-corrected chi connectivity index (χ3v) is 3.51. The van der Waals surface area contributed by atoms with Gasteiger partial charge in [0.05, 0.1) is 12.7 Å². The lowest BCUT2D eigenvalue weighted by atomic mass is 9.88. The SMILES string of the molecule is CC1CN(C(=O)C2CCCCC2)CCO1. The number of hydrogen-bond acceptors (Lipinski definition) is 2. The predicted molar refractivity (Wildman–Crippen MR) is 58.6 cm³/mol. The summed E-state index contributed by atoms with van der Waals surface area (Å²) in [6.07, 6.45) is 6.19. The van der Waals surface area contributed by atoms with Gasteiger partial charge in [-0.2, -0.15) is 0 Å². The van der Waals surface area contributed by atoms with Gasteiger partial charge in [-0.1, -0.05) is 19.3 Å². The third kappa shape index (κ3) is 2.71. The summed E-state index contributed by atoms with van der Waals surface area (Å²) in [7, 11) is 0. The molecule has 1 unspecified atom stereocenters. The Morgan fingerprint density at radius 3 is 2.67 bits per heavy atom. The van der Waals surface area contributed by atoms with Crippen LogP contribution in [-0.4, -0.2) is 36.6 Å². The Hall–Kier alpha value is -0.570. The summed E-state index contributed by atoms with van der Waals surface area (Å²) >= 11 is 0. The molecule has 2 rings (SSSR count). The van der Waals surface area contributed by atoms with E-state index in [1.54, 1.807) is 0 Å². The van der Waals surface area contributed by atoms with Crippen molar-refractivity contribution in [3.63, 3.8) is 0 Å². The fourth-order valence-corrected chi connectivity index (χ4v) is 2.63. The van der Waals surface area contributed by atoms with E-state index in [2.05, 4.69) is 0 Å². The van der Waals surface area contributed by atoms with E-state index < -0.39 is 0 Å². The molecule has 0 aromatic rings. The van der Waals surface area contributed by atoms with Crippen molar-refractivity contribution in [2.24, 2.45) is 5.92 Å². The number of nitrogens with zero attached hydrogens (tertiary/aromatic N) is 1. The number of morpholine rings is 1. The topological polar surface area (TPSA) is 29.5 Å². The lowest BCUT2D eigenvalue weighted by molar-refractivity contribution is -0.143. The van der Waals surface area contributed by atoms with Gasteiger partial charge < -0.3 is 9.64 Å². The predicted octanol–water partition coefficient (Wildman–Crippen LogP) is 1.81. The van der Waals surface area contributed by atoms with E-state index in [1.807, 2.05) is 11.8 Å². The fraction of sp³-hybridized carbons (Fsp3) is 0.917. The van der Waals surface area contributed by atoms with Crippen LogP contribution in [0.2, 0.25) is 0 Å². The fourth-order valence-electron chi connectivity index (χ4n) is 2.63. The van der Waals surface area contributed by atoms with Gasteiger partial charge in [0.15, 0.2) is 0 Å². The van der Waals surface area contributed by atoms with Gasteiger partial charge in [0.1, 0.15) is 0 Å². The Morgan fingerprint density at radius 1 is 1.27 bits per heavy atom. The second-order valence-corrected chi connectivity index (χ2v) is 4.80. The van der Waals surface area contributed by atoms with Crippen LogP contribution in [0.5, 0.6) is 0 Å². The largest absolute Gasteiger partial charge is 0.375 e. The molecule has 1 atom stereocenters. The van der Waals surface area contributed by atoms with E-state index in [0.717, 1.165) is 25.9 Å². The maximum Gasteiger partial charge on any atom is 0.225 e. The zero-order chi connectivity index (χ0) is 10.7. The van der Waals surface area contributed by atoms with E-state index in [4.69, 9.17) is 4.74 Å². The van der Waals surface area contributed by atoms with Crippen LogP contribution in [-0.2, 0) is 9.53 Å². The first-order valence-corrected chi connectivity index (χ1v) is 6.18. The highest BCUT2D eigenvalue weighted by Crippen LogP contribution is 2.26. The zero-order valence-corrected chi connectivity index (χ0v) is 9.58. The van der Waals surface area contributed by atoms with E-state index >= 15 is 0 Å². The van der Waals surface area contributed by atoms with Crippen molar-refractivity contribution in [3.8, 4) is 0 Å². The van der Waals surface area contributed by atoms with Crippen molar-refractivity contribution >= 4 is 5.91 Å².